The Morgan fingerprint density at radius 1 is 0.412 bits per heavy atom. The quantitative estimate of drug-likeness (QED) is 0.184. The maximum absolute atomic E-state index is 6.95. The second-order valence-electron chi connectivity index (χ2n) is 14.1. The van der Waals surface area contributed by atoms with Gasteiger partial charge in [-0.3, -0.25) is 0 Å². The number of para-hydroxylation sites is 1. The predicted molar refractivity (Wildman–Crippen MR) is 214 cm³/mol. The Hall–Kier alpha value is -6.38. The van der Waals surface area contributed by atoms with Gasteiger partial charge in [-0.15, -0.1) is 0 Å². The topological polar surface area (TPSA) is 16.4 Å². The average Bonchev–Trinajstić information content (AvgIpc) is 3.69. The van der Waals surface area contributed by atoms with Crippen LogP contribution in [0.1, 0.15) is 25.0 Å². The molecular weight excluding hydrogens is 619 g/mol. The second kappa shape index (κ2) is 11.3. The molecule has 0 saturated carbocycles. The van der Waals surface area contributed by atoms with E-state index < -0.39 is 0 Å². The molecule has 0 atom stereocenters. The van der Waals surface area contributed by atoms with Crippen molar-refractivity contribution in [2.75, 3.05) is 4.90 Å². The van der Waals surface area contributed by atoms with Crippen molar-refractivity contribution in [1.82, 2.24) is 0 Å². The number of anilines is 3. The first-order valence-corrected chi connectivity index (χ1v) is 17.7. The van der Waals surface area contributed by atoms with Gasteiger partial charge in [0.05, 0.1) is 11.4 Å². The maximum Gasteiger partial charge on any atom is 0.159 e. The van der Waals surface area contributed by atoms with Gasteiger partial charge in [-0.1, -0.05) is 159 Å². The highest BCUT2D eigenvalue weighted by molar-refractivity contribution is 6.17. The molecule has 0 spiro atoms. The lowest BCUT2D eigenvalue weighted by Gasteiger charge is -2.29. The van der Waals surface area contributed by atoms with Crippen LogP contribution < -0.4 is 4.90 Å². The molecule has 0 unspecified atom stereocenters. The number of furan rings is 1. The van der Waals surface area contributed by atoms with E-state index in [1.165, 1.54) is 49.9 Å². The van der Waals surface area contributed by atoms with Gasteiger partial charge in [0.1, 0.15) is 5.58 Å². The summed E-state index contributed by atoms with van der Waals surface area (Å²) in [6.07, 6.45) is 0. The van der Waals surface area contributed by atoms with Crippen molar-refractivity contribution in [3.63, 3.8) is 0 Å². The van der Waals surface area contributed by atoms with Crippen LogP contribution in [0.15, 0.2) is 180 Å². The summed E-state index contributed by atoms with van der Waals surface area (Å²) in [4.78, 5) is 2.41. The van der Waals surface area contributed by atoms with E-state index in [0.717, 1.165) is 44.4 Å². The molecule has 1 aromatic heterocycles. The number of hydrogen-bond acceptors (Lipinski definition) is 2. The lowest BCUT2D eigenvalue weighted by Crippen LogP contribution is -2.16. The highest BCUT2D eigenvalue weighted by atomic mass is 16.3. The summed E-state index contributed by atoms with van der Waals surface area (Å²) >= 11 is 0. The van der Waals surface area contributed by atoms with Gasteiger partial charge in [-0.2, -0.15) is 0 Å². The molecule has 1 aliphatic carbocycles. The van der Waals surface area contributed by atoms with Crippen molar-refractivity contribution in [2.45, 2.75) is 19.3 Å². The van der Waals surface area contributed by atoms with Crippen LogP contribution in [0.25, 0.3) is 66.1 Å². The summed E-state index contributed by atoms with van der Waals surface area (Å²) in [5, 5.41) is 4.54. The molecule has 8 aromatic carbocycles. The van der Waals surface area contributed by atoms with Crippen LogP contribution in [0.4, 0.5) is 17.1 Å². The van der Waals surface area contributed by atoms with Gasteiger partial charge in [0, 0.05) is 32.8 Å². The molecule has 2 nitrogen and oxygen atoms in total. The van der Waals surface area contributed by atoms with Gasteiger partial charge >= 0.3 is 0 Å². The summed E-state index contributed by atoms with van der Waals surface area (Å²) in [6.45, 7) is 4.68. The highest BCUT2D eigenvalue weighted by Crippen LogP contribution is 2.55. The lowest BCUT2D eigenvalue weighted by atomic mass is 9.82. The lowest BCUT2D eigenvalue weighted by molar-refractivity contribution is 0.660. The molecular formula is C49H35NO. The van der Waals surface area contributed by atoms with Crippen molar-refractivity contribution in [3.8, 4) is 33.4 Å². The SMILES string of the molecule is CC1(C)c2ccccc2-c2c(N(c3ccc(-c4ccc(-c5ccccc5)cc4)cc3)c3cccc4c3oc3c5ccccc5ccc43)cccc21. The minimum atomic E-state index is -0.117. The zero-order valence-electron chi connectivity index (χ0n) is 28.6. The molecule has 1 heterocycles. The van der Waals surface area contributed by atoms with Crippen molar-refractivity contribution < 1.29 is 4.42 Å². The average molecular weight is 654 g/mol. The molecule has 2 heteroatoms. The molecule has 1 aliphatic rings. The van der Waals surface area contributed by atoms with Crippen LogP contribution in [0.3, 0.4) is 0 Å². The molecule has 0 radical (unpaired) electrons. The minimum absolute atomic E-state index is 0.117. The largest absolute Gasteiger partial charge is 0.453 e. The van der Waals surface area contributed by atoms with Crippen LogP contribution in [-0.4, -0.2) is 0 Å². The fraction of sp³-hybridized carbons (Fsp3) is 0.0612. The standard InChI is InChI=1S/C49H35NO/c1-49(2)42-18-9-8-16-41(42)46-43(49)19-11-20-44(46)50(37-29-26-35(27-30-37)34-24-22-33(23-25-34)32-12-4-3-5-13-32)45-21-10-17-39-40-31-28-36-14-6-7-15-38(36)47(40)51-48(39)45/h3-31H,1-2H3. The van der Waals surface area contributed by atoms with E-state index in [2.05, 4.69) is 195 Å². The fourth-order valence-electron chi connectivity index (χ4n) is 8.31. The van der Waals surface area contributed by atoms with E-state index in [1.807, 2.05) is 0 Å². The summed E-state index contributed by atoms with van der Waals surface area (Å²) < 4.78 is 6.95. The molecule has 0 bridgehead atoms. The Balaban J connectivity index is 1.17. The molecule has 0 saturated heterocycles. The number of fused-ring (bicyclic) bond motifs is 8. The molecule has 0 aliphatic heterocycles. The molecule has 10 rings (SSSR count). The molecule has 242 valence electrons. The number of nitrogens with zero attached hydrogens (tertiary/aromatic N) is 1. The monoisotopic (exact) mass is 653 g/mol. The van der Waals surface area contributed by atoms with Crippen LogP contribution in [0.5, 0.6) is 0 Å². The summed E-state index contributed by atoms with van der Waals surface area (Å²) in [7, 11) is 0. The summed E-state index contributed by atoms with van der Waals surface area (Å²) in [5.74, 6) is 0. The molecule has 51 heavy (non-hydrogen) atoms. The second-order valence-corrected chi connectivity index (χ2v) is 14.1. The maximum atomic E-state index is 6.95. The summed E-state index contributed by atoms with van der Waals surface area (Å²) in [5.41, 5.74) is 15.0. The van der Waals surface area contributed by atoms with Crippen molar-refractivity contribution in [1.29, 1.82) is 0 Å². The zero-order valence-corrected chi connectivity index (χ0v) is 28.6. The smallest absolute Gasteiger partial charge is 0.159 e. The molecule has 0 fully saturated rings. The van der Waals surface area contributed by atoms with Gasteiger partial charge in [0.2, 0.25) is 0 Å². The van der Waals surface area contributed by atoms with Crippen LogP contribution >= 0.6 is 0 Å². The minimum Gasteiger partial charge on any atom is -0.453 e. The van der Waals surface area contributed by atoms with E-state index in [9.17, 15) is 0 Å². The van der Waals surface area contributed by atoms with Crippen LogP contribution in [-0.2, 0) is 5.41 Å². The third kappa shape index (κ3) is 4.57. The molecule has 9 aromatic rings. The van der Waals surface area contributed by atoms with Crippen LogP contribution in [0.2, 0.25) is 0 Å². The van der Waals surface area contributed by atoms with E-state index in [4.69, 9.17) is 4.42 Å². The fourth-order valence-corrected chi connectivity index (χ4v) is 8.31. The highest BCUT2D eigenvalue weighted by Gasteiger charge is 2.38. The first-order chi connectivity index (χ1) is 25.1. The normalized spacial score (nSPS) is 13.1. The predicted octanol–water partition coefficient (Wildman–Crippen LogP) is 13.8. The third-order valence-electron chi connectivity index (χ3n) is 10.9. The van der Waals surface area contributed by atoms with E-state index in [1.54, 1.807) is 0 Å². The Bertz CT molecular complexity index is 2750. The Morgan fingerprint density at radius 3 is 1.76 bits per heavy atom. The van der Waals surface area contributed by atoms with Gasteiger partial charge in [-0.05, 0) is 74.7 Å². The van der Waals surface area contributed by atoms with Gasteiger partial charge in [0.15, 0.2) is 5.58 Å². The van der Waals surface area contributed by atoms with E-state index in [-0.39, 0.29) is 5.41 Å². The van der Waals surface area contributed by atoms with Gasteiger partial charge < -0.3 is 9.32 Å². The van der Waals surface area contributed by atoms with E-state index >= 15 is 0 Å². The first-order valence-electron chi connectivity index (χ1n) is 17.7. The number of rotatable bonds is 5. The third-order valence-corrected chi connectivity index (χ3v) is 10.9. The number of hydrogen-bond donors (Lipinski definition) is 0. The summed E-state index contributed by atoms with van der Waals surface area (Å²) in [6, 6.07) is 63.5. The van der Waals surface area contributed by atoms with Gasteiger partial charge in [0.25, 0.3) is 0 Å². The Morgan fingerprint density at radius 2 is 0.980 bits per heavy atom. The number of benzene rings is 8. The molecule has 0 N–H and O–H groups in total. The molecule has 0 amide bonds. The zero-order chi connectivity index (χ0) is 34.1. The Labute approximate surface area is 297 Å². The van der Waals surface area contributed by atoms with E-state index in [0.29, 0.717) is 0 Å². The Kier molecular flexibility index (Phi) is 6.56. The van der Waals surface area contributed by atoms with Gasteiger partial charge in [-0.25, -0.2) is 0 Å². The van der Waals surface area contributed by atoms with Crippen molar-refractivity contribution in [2.24, 2.45) is 0 Å². The van der Waals surface area contributed by atoms with Crippen molar-refractivity contribution in [3.05, 3.63) is 187 Å². The first kappa shape index (κ1) is 29.5. The van der Waals surface area contributed by atoms with Crippen LogP contribution in [0, 0.1) is 0 Å². The van der Waals surface area contributed by atoms with Crippen molar-refractivity contribution >= 4 is 49.8 Å².